The van der Waals surface area contributed by atoms with E-state index in [1.54, 1.807) is 30.3 Å². The van der Waals surface area contributed by atoms with Crippen LogP contribution in [0.15, 0.2) is 42.6 Å². The van der Waals surface area contributed by atoms with Gasteiger partial charge >= 0.3 is 6.18 Å². The molecule has 0 spiro atoms. The van der Waals surface area contributed by atoms with Crippen molar-refractivity contribution in [2.24, 2.45) is 0 Å². The largest absolute Gasteiger partial charge is 0.468 e. The maximum Gasteiger partial charge on any atom is 0.422 e. The van der Waals surface area contributed by atoms with Gasteiger partial charge in [-0.2, -0.15) is 13.2 Å². The summed E-state index contributed by atoms with van der Waals surface area (Å²) >= 11 is 5.76. The molecular formula is C13H10ClF3N2O. The molecule has 3 nitrogen and oxygen atoms in total. The minimum Gasteiger partial charge on any atom is -0.468 e. The zero-order valence-corrected chi connectivity index (χ0v) is 10.9. The summed E-state index contributed by atoms with van der Waals surface area (Å²) in [5.41, 5.74) is 1.42. The standard InChI is InChI=1S/C13H10ClF3N2O/c14-9-1-3-10(4-2-9)19-11-5-6-12(18-7-11)20-8-13(15,16)17/h1-7,19H,8H2. The molecule has 1 aromatic heterocycles. The Balaban J connectivity index is 1.96. The molecule has 0 unspecified atom stereocenters. The van der Waals surface area contributed by atoms with Crippen molar-refractivity contribution >= 4 is 23.0 Å². The van der Waals surface area contributed by atoms with E-state index in [0.717, 1.165) is 5.69 Å². The molecule has 1 heterocycles. The average molecular weight is 303 g/mol. The Morgan fingerprint density at radius 1 is 1.05 bits per heavy atom. The van der Waals surface area contributed by atoms with E-state index in [4.69, 9.17) is 11.6 Å². The minimum absolute atomic E-state index is 0.0796. The molecule has 0 fully saturated rings. The van der Waals surface area contributed by atoms with Crippen LogP contribution in [-0.2, 0) is 0 Å². The van der Waals surface area contributed by atoms with Crippen LogP contribution in [0.1, 0.15) is 0 Å². The SMILES string of the molecule is FC(F)(F)COc1ccc(Nc2ccc(Cl)cc2)cn1. The smallest absolute Gasteiger partial charge is 0.422 e. The highest BCUT2D eigenvalue weighted by Gasteiger charge is 2.28. The lowest BCUT2D eigenvalue weighted by Crippen LogP contribution is -2.19. The summed E-state index contributed by atoms with van der Waals surface area (Å²) in [5, 5.41) is 3.65. The molecule has 20 heavy (non-hydrogen) atoms. The Hall–Kier alpha value is -1.95. The normalized spacial score (nSPS) is 11.2. The second-order valence-electron chi connectivity index (χ2n) is 3.92. The van der Waals surface area contributed by atoms with Gasteiger partial charge in [0.1, 0.15) is 0 Å². The van der Waals surface area contributed by atoms with Gasteiger partial charge in [0.25, 0.3) is 0 Å². The third-order valence-corrected chi connectivity index (χ3v) is 2.50. The summed E-state index contributed by atoms with van der Waals surface area (Å²) < 4.78 is 40.4. The predicted molar refractivity (Wildman–Crippen MR) is 70.5 cm³/mol. The van der Waals surface area contributed by atoms with Gasteiger partial charge in [-0.15, -0.1) is 0 Å². The van der Waals surface area contributed by atoms with Crippen LogP contribution >= 0.6 is 11.6 Å². The Morgan fingerprint density at radius 2 is 1.70 bits per heavy atom. The highest BCUT2D eigenvalue weighted by atomic mass is 35.5. The van der Waals surface area contributed by atoms with Crippen LogP contribution < -0.4 is 10.1 Å². The summed E-state index contributed by atoms with van der Waals surface area (Å²) in [4.78, 5) is 3.78. The highest BCUT2D eigenvalue weighted by molar-refractivity contribution is 6.30. The predicted octanol–water partition coefficient (Wildman–Crippen LogP) is 4.42. The van der Waals surface area contributed by atoms with E-state index < -0.39 is 12.8 Å². The molecule has 2 aromatic rings. The number of hydrogen-bond acceptors (Lipinski definition) is 3. The molecule has 0 aliphatic heterocycles. The number of alkyl halides is 3. The van der Waals surface area contributed by atoms with Crippen LogP contribution in [0.2, 0.25) is 5.02 Å². The van der Waals surface area contributed by atoms with E-state index in [0.29, 0.717) is 10.7 Å². The van der Waals surface area contributed by atoms with Crippen LogP contribution in [0.5, 0.6) is 5.88 Å². The average Bonchev–Trinajstić information content (AvgIpc) is 2.40. The molecule has 2 rings (SSSR count). The lowest BCUT2D eigenvalue weighted by molar-refractivity contribution is -0.154. The third-order valence-electron chi connectivity index (χ3n) is 2.25. The summed E-state index contributed by atoms with van der Waals surface area (Å²) in [7, 11) is 0. The summed E-state index contributed by atoms with van der Waals surface area (Å²) in [5.74, 6) is -0.0796. The van der Waals surface area contributed by atoms with Gasteiger partial charge in [-0.1, -0.05) is 11.6 Å². The number of halogens is 4. The minimum atomic E-state index is -4.37. The van der Waals surface area contributed by atoms with Gasteiger partial charge in [-0.05, 0) is 30.3 Å². The van der Waals surface area contributed by atoms with Crippen molar-refractivity contribution < 1.29 is 17.9 Å². The van der Waals surface area contributed by atoms with Crippen molar-refractivity contribution in [2.75, 3.05) is 11.9 Å². The maximum atomic E-state index is 12.0. The third kappa shape index (κ3) is 4.62. The first-order chi connectivity index (χ1) is 9.42. The maximum absolute atomic E-state index is 12.0. The monoisotopic (exact) mass is 302 g/mol. The van der Waals surface area contributed by atoms with Gasteiger partial charge < -0.3 is 10.1 Å². The van der Waals surface area contributed by atoms with E-state index in [2.05, 4.69) is 15.0 Å². The Morgan fingerprint density at radius 3 is 2.25 bits per heavy atom. The number of nitrogens with zero attached hydrogens (tertiary/aromatic N) is 1. The zero-order valence-electron chi connectivity index (χ0n) is 10.1. The molecule has 7 heteroatoms. The number of hydrogen-bond donors (Lipinski definition) is 1. The Labute approximate surface area is 118 Å². The van der Waals surface area contributed by atoms with Crippen molar-refractivity contribution in [3.8, 4) is 5.88 Å². The van der Waals surface area contributed by atoms with Crippen LogP contribution in [0.4, 0.5) is 24.5 Å². The molecule has 1 N–H and O–H groups in total. The number of anilines is 2. The van der Waals surface area contributed by atoms with E-state index in [9.17, 15) is 13.2 Å². The fraction of sp³-hybridized carbons (Fsp3) is 0.154. The number of nitrogens with one attached hydrogen (secondary N) is 1. The summed E-state index contributed by atoms with van der Waals surface area (Å²) in [6.07, 6.45) is -2.98. The Bertz CT molecular complexity index is 555. The number of pyridine rings is 1. The van der Waals surface area contributed by atoms with Gasteiger partial charge in [-0.25, -0.2) is 4.98 Å². The molecule has 0 aliphatic rings. The number of ether oxygens (including phenoxy) is 1. The van der Waals surface area contributed by atoms with Crippen molar-refractivity contribution in [2.45, 2.75) is 6.18 Å². The topological polar surface area (TPSA) is 34.1 Å². The van der Waals surface area contributed by atoms with Crippen LogP contribution in [0, 0.1) is 0 Å². The second-order valence-corrected chi connectivity index (χ2v) is 4.36. The first kappa shape index (κ1) is 14.5. The van der Waals surface area contributed by atoms with Gasteiger partial charge in [0.05, 0.1) is 11.9 Å². The molecule has 1 aromatic carbocycles. The fourth-order valence-corrected chi connectivity index (χ4v) is 1.52. The lowest BCUT2D eigenvalue weighted by atomic mass is 10.3. The molecule has 0 saturated heterocycles. The number of rotatable bonds is 4. The highest BCUT2D eigenvalue weighted by Crippen LogP contribution is 2.21. The van der Waals surface area contributed by atoms with Crippen molar-refractivity contribution in [1.29, 1.82) is 0 Å². The van der Waals surface area contributed by atoms with Crippen LogP contribution in [0.3, 0.4) is 0 Å². The Kier molecular flexibility index (Phi) is 4.34. The van der Waals surface area contributed by atoms with E-state index in [1.165, 1.54) is 12.3 Å². The van der Waals surface area contributed by atoms with Crippen LogP contribution in [-0.4, -0.2) is 17.8 Å². The summed E-state index contributed by atoms with van der Waals surface area (Å²) in [6.45, 7) is -1.36. The van der Waals surface area contributed by atoms with E-state index in [1.807, 2.05) is 0 Å². The zero-order chi connectivity index (χ0) is 14.6. The lowest BCUT2D eigenvalue weighted by Gasteiger charge is -2.09. The first-order valence-corrected chi connectivity index (χ1v) is 5.98. The molecule has 0 aliphatic carbocycles. The van der Waals surface area contributed by atoms with Crippen LogP contribution in [0.25, 0.3) is 0 Å². The molecule has 0 atom stereocenters. The van der Waals surface area contributed by atoms with Crippen molar-refractivity contribution in [3.05, 3.63) is 47.6 Å². The molecule has 0 amide bonds. The van der Waals surface area contributed by atoms with Crippen molar-refractivity contribution in [1.82, 2.24) is 4.98 Å². The fourth-order valence-electron chi connectivity index (χ4n) is 1.40. The molecule has 0 saturated carbocycles. The first-order valence-electron chi connectivity index (χ1n) is 5.60. The molecule has 0 bridgehead atoms. The van der Waals surface area contributed by atoms with Crippen molar-refractivity contribution in [3.63, 3.8) is 0 Å². The summed E-state index contributed by atoms with van der Waals surface area (Å²) in [6, 6.07) is 9.93. The van der Waals surface area contributed by atoms with Gasteiger partial charge in [0.2, 0.25) is 5.88 Å². The van der Waals surface area contributed by atoms with Gasteiger partial charge in [0, 0.05) is 16.8 Å². The molecular weight excluding hydrogens is 293 g/mol. The quantitative estimate of drug-likeness (QED) is 0.908. The van der Waals surface area contributed by atoms with E-state index in [-0.39, 0.29) is 5.88 Å². The molecule has 0 radical (unpaired) electrons. The molecule has 106 valence electrons. The van der Waals surface area contributed by atoms with E-state index >= 15 is 0 Å². The van der Waals surface area contributed by atoms with Gasteiger partial charge in [-0.3, -0.25) is 0 Å². The number of benzene rings is 1. The second kappa shape index (κ2) is 6.00. The number of aromatic nitrogens is 1. The van der Waals surface area contributed by atoms with Gasteiger partial charge in [0.15, 0.2) is 6.61 Å².